The Bertz CT molecular complexity index is 827. The van der Waals surface area contributed by atoms with Crippen LogP contribution in [0.3, 0.4) is 0 Å². The van der Waals surface area contributed by atoms with Crippen LogP contribution in [-0.4, -0.2) is 48.9 Å². The number of guanidine groups is 1. The number of aliphatic imine (C=N–C) groups is 1. The van der Waals surface area contributed by atoms with Crippen LogP contribution in [0.2, 0.25) is 0 Å². The smallest absolute Gasteiger partial charge is 0.232 e. The lowest BCUT2D eigenvalue weighted by molar-refractivity contribution is 0.318. The summed E-state index contributed by atoms with van der Waals surface area (Å²) in [4.78, 5) is 11.4. The molecular formula is C21H32N6O2. The van der Waals surface area contributed by atoms with E-state index in [4.69, 9.17) is 9.26 Å². The summed E-state index contributed by atoms with van der Waals surface area (Å²) in [7, 11) is 1.71. The second-order valence-electron chi connectivity index (χ2n) is 8.21. The van der Waals surface area contributed by atoms with Gasteiger partial charge in [-0.25, -0.2) is 4.99 Å². The molecule has 0 spiro atoms. The molecule has 2 heterocycles. The van der Waals surface area contributed by atoms with Crippen molar-refractivity contribution >= 4 is 11.6 Å². The highest BCUT2D eigenvalue weighted by molar-refractivity contribution is 5.80. The van der Waals surface area contributed by atoms with Gasteiger partial charge in [0.2, 0.25) is 5.89 Å². The molecule has 3 rings (SSSR count). The normalized spacial score (nSPS) is 17.5. The minimum Gasteiger partial charge on any atom is -0.495 e. The summed E-state index contributed by atoms with van der Waals surface area (Å²) in [5.41, 5.74) is 0.964. The molecule has 0 saturated carbocycles. The fourth-order valence-corrected chi connectivity index (χ4v) is 3.27. The third-order valence-electron chi connectivity index (χ3n) is 4.79. The Labute approximate surface area is 172 Å². The molecule has 1 saturated heterocycles. The van der Waals surface area contributed by atoms with Crippen molar-refractivity contribution in [1.29, 1.82) is 0 Å². The van der Waals surface area contributed by atoms with Gasteiger partial charge in [-0.3, -0.25) is 0 Å². The van der Waals surface area contributed by atoms with Crippen LogP contribution in [0.1, 0.15) is 45.8 Å². The molecule has 2 aromatic rings. The van der Waals surface area contributed by atoms with E-state index >= 15 is 0 Å². The van der Waals surface area contributed by atoms with Gasteiger partial charge in [0.05, 0.1) is 12.8 Å². The molecule has 8 nitrogen and oxygen atoms in total. The summed E-state index contributed by atoms with van der Waals surface area (Å²) in [6, 6.07) is 8.43. The molecule has 1 aromatic carbocycles. The number of anilines is 1. The number of rotatable bonds is 6. The van der Waals surface area contributed by atoms with E-state index in [2.05, 4.69) is 43.7 Å². The number of hydrogen-bond acceptors (Lipinski definition) is 6. The van der Waals surface area contributed by atoms with Gasteiger partial charge < -0.3 is 24.8 Å². The first-order valence-electron chi connectivity index (χ1n) is 10.2. The third kappa shape index (κ3) is 5.40. The highest BCUT2D eigenvalue weighted by Gasteiger charge is 2.25. The van der Waals surface area contributed by atoms with Crippen molar-refractivity contribution in [3.05, 3.63) is 36.0 Å². The Hall–Kier alpha value is -2.77. The van der Waals surface area contributed by atoms with Gasteiger partial charge in [0, 0.05) is 31.1 Å². The number of aromatic nitrogens is 2. The fraction of sp³-hybridized carbons (Fsp3) is 0.571. The molecule has 8 heteroatoms. The highest BCUT2D eigenvalue weighted by Crippen LogP contribution is 2.30. The molecule has 2 N–H and O–H groups in total. The first-order valence-corrected chi connectivity index (χ1v) is 10.2. The molecule has 0 radical (unpaired) electrons. The second-order valence-corrected chi connectivity index (χ2v) is 8.21. The molecule has 0 bridgehead atoms. The van der Waals surface area contributed by atoms with Crippen molar-refractivity contribution in [3.63, 3.8) is 0 Å². The second kappa shape index (κ2) is 9.15. The van der Waals surface area contributed by atoms with E-state index in [0.717, 1.165) is 43.5 Å². The van der Waals surface area contributed by atoms with E-state index in [1.165, 1.54) is 0 Å². The molecule has 1 aromatic heterocycles. The molecule has 0 aliphatic carbocycles. The molecule has 1 aliphatic heterocycles. The van der Waals surface area contributed by atoms with Crippen molar-refractivity contribution in [1.82, 2.24) is 20.8 Å². The van der Waals surface area contributed by atoms with Gasteiger partial charge in [-0.15, -0.1) is 0 Å². The van der Waals surface area contributed by atoms with Crippen molar-refractivity contribution in [2.24, 2.45) is 4.99 Å². The maximum Gasteiger partial charge on any atom is 0.232 e. The van der Waals surface area contributed by atoms with E-state index in [9.17, 15) is 0 Å². The SMILES string of the molecule is CCNC(=NCc1noc(C(C)(C)C)n1)NC1CCN(c2ccccc2OC)C1. The van der Waals surface area contributed by atoms with E-state index in [-0.39, 0.29) is 5.41 Å². The van der Waals surface area contributed by atoms with Gasteiger partial charge >= 0.3 is 0 Å². The van der Waals surface area contributed by atoms with Crippen molar-refractivity contribution in [3.8, 4) is 5.75 Å². The number of ether oxygens (including phenoxy) is 1. The molecular weight excluding hydrogens is 368 g/mol. The van der Waals surface area contributed by atoms with E-state index in [1.54, 1.807) is 7.11 Å². The number of para-hydroxylation sites is 2. The summed E-state index contributed by atoms with van der Waals surface area (Å²) in [6.07, 6.45) is 1.03. The van der Waals surface area contributed by atoms with Crippen LogP contribution < -0.4 is 20.3 Å². The first kappa shape index (κ1) is 21.0. The maximum absolute atomic E-state index is 5.51. The van der Waals surface area contributed by atoms with Crippen LogP contribution in [0, 0.1) is 0 Å². The zero-order chi connectivity index (χ0) is 20.9. The van der Waals surface area contributed by atoms with Crippen LogP contribution >= 0.6 is 0 Å². The predicted octanol–water partition coefficient (Wildman–Crippen LogP) is 2.71. The van der Waals surface area contributed by atoms with Gasteiger partial charge in [0.25, 0.3) is 0 Å². The Morgan fingerprint density at radius 3 is 2.83 bits per heavy atom. The Morgan fingerprint density at radius 2 is 2.14 bits per heavy atom. The minimum absolute atomic E-state index is 0.163. The summed E-state index contributed by atoms with van der Waals surface area (Å²) >= 11 is 0. The zero-order valence-electron chi connectivity index (χ0n) is 18.0. The predicted molar refractivity (Wildman–Crippen MR) is 115 cm³/mol. The molecule has 1 unspecified atom stereocenters. The molecule has 1 aliphatic rings. The van der Waals surface area contributed by atoms with Crippen LogP contribution in [-0.2, 0) is 12.0 Å². The number of nitrogens with one attached hydrogen (secondary N) is 2. The molecule has 0 amide bonds. The Kier molecular flexibility index (Phi) is 6.61. The summed E-state index contributed by atoms with van der Waals surface area (Å²) in [6.45, 7) is 11.2. The van der Waals surface area contributed by atoms with Crippen molar-refractivity contribution in [2.75, 3.05) is 31.6 Å². The van der Waals surface area contributed by atoms with Gasteiger partial charge in [-0.05, 0) is 25.5 Å². The average molecular weight is 401 g/mol. The largest absolute Gasteiger partial charge is 0.495 e. The van der Waals surface area contributed by atoms with Crippen LogP contribution in [0.4, 0.5) is 5.69 Å². The molecule has 1 atom stereocenters. The van der Waals surface area contributed by atoms with Gasteiger partial charge in [0.1, 0.15) is 12.3 Å². The van der Waals surface area contributed by atoms with Crippen LogP contribution in [0.25, 0.3) is 0 Å². The number of nitrogens with zero attached hydrogens (tertiary/aromatic N) is 4. The first-order chi connectivity index (χ1) is 13.9. The van der Waals surface area contributed by atoms with Crippen LogP contribution in [0.15, 0.2) is 33.8 Å². The summed E-state index contributed by atoms with van der Waals surface area (Å²) < 4.78 is 10.9. The monoisotopic (exact) mass is 400 g/mol. The Balaban J connectivity index is 1.62. The van der Waals surface area contributed by atoms with E-state index in [1.807, 2.05) is 39.0 Å². The van der Waals surface area contributed by atoms with Gasteiger partial charge in [0.15, 0.2) is 11.8 Å². The molecule has 158 valence electrons. The maximum atomic E-state index is 5.51. The lowest BCUT2D eigenvalue weighted by Gasteiger charge is -2.22. The fourth-order valence-electron chi connectivity index (χ4n) is 3.27. The highest BCUT2D eigenvalue weighted by atomic mass is 16.5. The van der Waals surface area contributed by atoms with Crippen LogP contribution in [0.5, 0.6) is 5.75 Å². The number of methoxy groups -OCH3 is 1. The lowest BCUT2D eigenvalue weighted by Crippen LogP contribution is -2.44. The average Bonchev–Trinajstić information content (AvgIpc) is 3.35. The van der Waals surface area contributed by atoms with E-state index < -0.39 is 0 Å². The van der Waals surface area contributed by atoms with Crippen molar-refractivity contribution in [2.45, 2.75) is 52.1 Å². The van der Waals surface area contributed by atoms with Gasteiger partial charge in [-0.2, -0.15) is 4.98 Å². The topological polar surface area (TPSA) is 87.8 Å². The third-order valence-corrected chi connectivity index (χ3v) is 4.79. The number of hydrogen-bond donors (Lipinski definition) is 2. The molecule has 29 heavy (non-hydrogen) atoms. The Morgan fingerprint density at radius 1 is 1.34 bits per heavy atom. The van der Waals surface area contributed by atoms with E-state index in [0.29, 0.717) is 24.3 Å². The standard InChI is InChI=1S/C21H32N6O2/c1-6-22-20(23-13-18-25-19(29-26-18)21(2,3)4)24-15-11-12-27(14-15)16-9-7-8-10-17(16)28-5/h7-10,15H,6,11-14H2,1-5H3,(H2,22,23,24). The zero-order valence-corrected chi connectivity index (χ0v) is 18.0. The van der Waals surface area contributed by atoms with Crippen molar-refractivity contribution < 1.29 is 9.26 Å². The minimum atomic E-state index is -0.163. The summed E-state index contributed by atoms with van der Waals surface area (Å²) in [5, 5.41) is 10.9. The quantitative estimate of drug-likeness (QED) is 0.569. The number of benzene rings is 1. The lowest BCUT2D eigenvalue weighted by atomic mass is 9.97. The van der Waals surface area contributed by atoms with Gasteiger partial charge in [-0.1, -0.05) is 38.1 Å². The summed E-state index contributed by atoms with van der Waals surface area (Å²) in [5.74, 6) is 2.89. The molecule has 1 fully saturated rings.